The second-order valence-corrected chi connectivity index (χ2v) is 19.9. The van der Waals surface area contributed by atoms with Crippen LogP contribution in [0.2, 0.25) is 0 Å². The van der Waals surface area contributed by atoms with Crippen LogP contribution in [0, 0.1) is 0 Å². The SMILES string of the molecule is CCCCCCCC/C=C\CCCCCCCC(=O)O[C@@H](COC(=O)CCCCCCCCC/C=C\CCCCCCCCCC)COC(=O)CCCCCCCCCCCCCCCC. The fraction of sp³-hybridized carbons (Fsp3) is 0.883. The molecule has 0 saturated carbocycles. The Labute approximate surface area is 411 Å². The fourth-order valence-corrected chi connectivity index (χ4v) is 8.73. The molecule has 0 unspecified atom stereocenters. The first-order valence-corrected chi connectivity index (χ1v) is 29.3. The molecule has 6 heteroatoms. The zero-order valence-corrected chi connectivity index (χ0v) is 44.5. The lowest BCUT2D eigenvalue weighted by molar-refractivity contribution is -0.167. The number of carbonyl (C=O) groups is 3. The summed E-state index contributed by atoms with van der Waals surface area (Å²) in [6, 6.07) is 0. The molecule has 66 heavy (non-hydrogen) atoms. The smallest absolute Gasteiger partial charge is 0.306 e. The molecule has 0 radical (unpaired) electrons. The van der Waals surface area contributed by atoms with Crippen molar-refractivity contribution in [3.63, 3.8) is 0 Å². The summed E-state index contributed by atoms with van der Waals surface area (Å²) in [5, 5.41) is 0. The quantitative estimate of drug-likeness (QED) is 0.0262. The average molecular weight is 930 g/mol. The molecule has 0 rings (SSSR count). The van der Waals surface area contributed by atoms with Crippen molar-refractivity contribution in [2.45, 2.75) is 329 Å². The van der Waals surface area contributed by atoms with E-state index in [1.54, 1.807) is 0 Å². The van der Waals surface area contributed by atoms with Gasteiger partial charge in [0.15, 0.2) is 6.10 Å². The van der Waals surface area contributed by atoms with Crippen LogP contribution in [0.15, 0.2) is 24.3 Å². The number of unbranched alkanes of at least 4 members (excludes halogenated alkanes) is 39. The fourth-order valence-electron chi connectivity index (χ4n) is 8.73. The van der Waals surface area contributed by atoms with Crippen molar-refractivity contribution in [1.29, 1.82) is 0 Å². The van der Waals surface area contributed by atoms with Crippen molar-refractivity contribution >= 4 is 17.9 Å². The molecule has 0 N–H and O–H groups in total. The minimum absolute atomic E-state index is 0.0715. The highest BCUT2D eigenvalue weighted by atomic mass is 16.6. The van der Waals surface area contributed by atoms with E-state index < -0.39 is 6.10 Å². The molecule has 0 aliphatic carbocycles. The summed E-state index contributed by atoms with van der Waals surface area (Å²) in [6.07, 6.45) is 64.5. The zero-order chi connectivity index (χ0) is 47.9. The molecule has 388 valence electrons. The Morgan fingerprint density at radius 3 is 0.758 bits per heavy atom. The Morgan fingerprint density at radius 1 is 0.288 bits per heavy atom. The lowest BCUT2D eigenvalue weighted by Crippen LogP contribution is -2.30. The molecule has 1 atom stereocenters. The van der Waals surface area contributed by atoms with E-state index in [1.807, 2.05) is 0 Å². The summed E-state index contributed by atoms with van der Waals surface area (Å²) in [5.74, 6) is -0.864. The third-order valence-corrected chi connectivity index (χ3v) is 13.2. The highest BCUT2D eigenvalue weighted by Gasteiger charge is 2.19. The van der Waals surface area contributed by atoms with E-state index >= 15 is 0 Å². The standard InChI is InChI=1S/C60H112O6/c1-4-7-10-13-16-19-22-25-28-29-30-31-33-35-38-41-44-47-50-53-59(62)65-56-57(55-64-58(61)52-49-46-43-40-37-34-27-24-21-18-15-12-9-6-3)66-60(63)54-51-48-45-42-39-36-32-26-23-20-17-14-11-8-5-2/h26,29-30,32,57H,4-25,27-28,31,33-56H2,1-3H3/b30-29-,32-26-/t57-/m1/s1. The second-order valence-electron chi connectivity index (χ2n) is 19.9. The molecule has 0 aliphatic rings. The van der Waals surface area contributed by atoms with Crippen LogP contribution < -0.4 is 0 Å². The van der Waals surface area contributed by atoms with E-state index in [-0.39, 0.29) is 31.1 Å². The first kappa shape index (κ1) is 63.9. The highest BCUT2D eigenvalue weighted by Crippen LogP contribution is 2.16. The number of ether oxygens (including phenoxy) is 3. The summed E-state index contributed by atoms with van der Waals surface area (Å²) in [6.45, 7) is 6.67. The maximum absolute atomic E-state index is 12.8. The number of hydrogen-bond donors (Lipinski definition) is 0. The van der Waals surface area contributed by atoms with Crippen LogP contribution in [-0.2, 0) is 28.6 Å². The molecule has 0 aromatic rings. The van der Waals surface area contributed by atoms with Gasteiger partial charge in [-0.15, -0.1) is 0 Å². The molecule has 0 amide bonds. The number of rotatable bonds is 54. The monoisotopic (exact) mass is 929 g/mol. The molecule has 0 aliphatic heterocycles. The Kier molecular flexibility index (Phi) is 53.7. The highest BCUT2D eigenvalue weighted by molar-refractivity contribution is 5.71. The number of hydrogen-bond acceptors (Lipinski definition) is 6. The summed E-state index contributed by atoms with van der Waals surface area (Å²) >= 11 is 0. The van der Waals surface area contributed by atoms with Gasteiger partial charge in [0.1, 0.15) is 13.2 Å². The minimum Gasteiger partial charge on any atom is -0.462 e. The molecule has 0 aromatic carbocycles. The van der Waals surface area contributed by atoms with Gasteiger partial charge in [0.05, 0.1) is 0 Å². The summed E-state index contributed by atoms with van der Waals surface area (Å²) in [4.78, 5) is 38.1. The number of carbonyl (C=O) groups excluding carboxylic acids is 3. The molecule has 0 bridgehead atoms. The molecular formula is C60H112O6. The molecule has 6 nitrogen and oxygen atoms in total. The lowest BCUT2D eigenvalue weighted by atomic mass is 10.0. The van der Waals surface area contributed by atoms with E-state index in [2.05, 4.69) is 45.1 Å². The molecule has 0 heterocycles. The predicted molar refractivity (Wildman–Crippen MR) is 284 cm³/mol. The largest absolute Gasteiger partial charge is 0.462 e. The topological polar surface area (TPSA) is 78.9 Å². The zero-order valence-electron chi connectivity index (χ0n) is 44.5. The minimum atomic E-state index is -0.773. The third-order valence-electron chi connectivity index (χ3n) is 13.2. The lowest BCUT2D eigenvalue weighted by Gasteiger charge is -2.18. The van der Waals surface area contributed by atoms with Crippen molar-refractivity contribution in [2.75, 3.05) is 13.2 Å². The molecular weight excluding hydrogens is 817 g/mol. The van der Waals surface area contributed by atoms with E-state index in [9.17, 15) is 14.4 Å². The van der Waals surface area contributed by atoms with Gasteiger partial charge < -0.3 is 14.2 Å². The Morgan fingerprint density at radius 2 is 0.500 bits per heavy atom. The van der Waals surface area contributed by atoms with Gasteiger partial charge >= 0.3 is 17.9 Å². The van der Waals surface area contributed by atoms with E-state index in [1.165, 1.54) is 218 Å². The van der Waals surface area contributed by atoms with Gasteiger partial charge in [0.25, 0.3) is 0 Å². The van der Waals surface area contributed by atoms with Crippen LogP contribution in [-0.4, -0.2) is 37.2 Å². The van der Waals surface area contributed by atoms with Crippen LogP contribution in [0.3, 0.4) is 0 Å². The Hall–Kier alpha value is -2.11. The van der Waals surface area contributed by atoms with Gasteiger partial charge in [-0.05, 0) is 70.6 Å². The number of allylic oxidation sites excluding steroid dienone is 4. The van der Waals surface area contributed by atoms with E-state index in [4.69, 9.17) is 14.2 Å². The van der Waals surface area contributed by atoms with Crippen LogP contribution >= 0.6 is 0 Å². The molecule has 0 fully saturated rings. The molecule has 0 aromatic heterocycles. The first-order valence-electron chi connectivity index (χ1n) is 29.3. The maximum Gasteiger partial charge on any atom is 0.306 e. The van der Waals surface area contributed by atoms with Crippen molar-refractivity contribution in [3.05, 3.63) is 24.3 Å². The van der Waals surface area contributed by atoms with E-state index in [0.717, 1.165) is 64.2 Å². The van der Waals surface area contributed by atoms with E-state index in [0.29, 0.717) is 19.3 Å². The van der Waals surface area contributed by atoms with Gasteiger partial charge in [-0.2, -0.15) is 0 Å². The van der Waals surface area contributed by atoms with Crippen LogP contribution in [0.4, 0.5) is 0 Å². The van der Waals surface area contributed by atoms with Gasteiger partial charge in [0.2, 0.25) is 0 Å². The van der Waals surface area contributed by atoms with Gasteiger partial charge in [0, 0.05) is 19.3 Å². The number of esters is 3. The van der Waals surface area contributed by atoms with Crippen molar-refractivity contribution in [2.24, 2.45) is 0 Å². The third kappa shape index (κ3) is 52.9. The average Bonchev–Trinajstić information content (AvgIpc) is 3.31. The van der Waals surface area contributed by atoms with Crippen molar-refractivity contribution < 1.29 is 28.6 Å². The molecule has 0 spiro atoms. The van der Waals surface area contributed by atoms with Crippen LogP contribution in [0.1, 0.15) is 323 Å². The van der Waals surface area contributed by atoms with Crippen LogP contribution in [0.25, 0.3) is 0 Å². The van der Waals surface area contributed by atoms with Crippen molar-refractivity contribution in [3.8, 4) is 0 Å². The predicted octanol–water partition coefficient (Wildman–Crippen LogP) is 19.5. The normalized spacial score (nSPS) is 12.1. The van der Waals surface area contributed by atoms with Gasteiger partial charge in [-0.25, -0.2) is 0 Å². The Balaban J connectivity index is 4.33. The molecule has 0 saturated heterocycles. The Bertz CT molecular complexity index is 1070. The summed E-state index contributed by atoms with van der Waals surface area (Å²) < 4.78 is 16.9. The van der Waals surface area contributed by atoms with Gasteiger partial charge in [-0.1, -0.05) is 257 Å². The van der Waals surface area contributed by atoms with Gasteiger partial charge in [-0.3, -0.25) is 14.4 Å². The van der Waals surface area contributed by atoms with Crippen LogP contribution in [0.5, 0.6) is 0 Å². The second kappa shape index (κ2) is 55.5. The summed E-state index contributed by atoms with van der Waals surface area (Å²) in [7, 11) is 0. The summed E-state index contributed by atoms with van der Waals surface area (Å²) in [5.41, 5.74) is 0. The first-order chi connectivity index (χ1) is 32.5. The van der Waals surface area contributed by atoms with Crippen molar-refractivity contribution in [1.82, 2.24) is 0 Å². The maximum atomic E-state index is 12.8.